The molecule has 32 heavy (non-hydrogen) atoms. The molecule has 5 nitrogen and oxygen atoms in total. The van der Waals surface area contributed by atoms with Crippen molar-refractivity contribution in [1.82, 2.24) is 0 Å². The van der Waals surface area contributed by atoms with Gasteiger partial charge in [0.1, 0.15) is 5.92 Å². The molecule has 3 aromatic carbocycles. The van der Waals surface area contributed by atoms with Gasteiger partial charge in [-0.25, -0.2) is 9.96 Å². The lowest BCUT2D eigenvalue weighted by Crippen LogP contribution is -2.38. The first-order valence-electron chi connectivity index (χ1n) is 10.9. The zero-order valence-electron chi connectivity index (χ0n) is 18.7. The second kappa shape index (κ2) is 7.61. The third-order valence-corrected chi connectivity index (χ3v) is 6.40. The number of hydrogen-bond donors (Lipinski definition) is 0. The molecule has 162 valence electrons. The lowest BCUT2D eigenvalue weighted by Gasteiger charge is -2.29. The van der Waals surface area contributed by atoms with Gasteiger partial charge >= 0.3 is 0 Å². The quantitative estimate of drug-likeness (QED) is 0.555. The minimum Gasteiger partial charge on any atom is -0.273 e. The highest BCUT2D eigenvalue weighted by Gasteiger charge is 2.60. The van der Waals surface area contributed by atoms with E-state index in [4.69, 9.17) is 4.84 Å². The molecule has 0 N–H and O–H groups in total. The maximum absolute atomic E-state index is 13.8. The molecule has 2 aliphatic rings. The van der Waals surface area contributed by atoms with E-state index in [-0.39, 0.29) is 11.8 Å². The van der Waals surface area contributed by atoms with Gasteiger partial charge in [0.05, 0.1) is 17.4 Å². The van der Waals surface area contributed by atoms with E-state index >= 15 is 0 Å². The van der Waals surface area contributed by atoms with E-state index < -0.39 is 18.1 Å². The summed E-state index contributed by atoms with van der Waals surface area (Å²) in [6.45, 7) is 7.93. The number of benzene rings is 3. The molecular formula is C27H26N2O3. The lowest BCUT2D eigenvalue weighted by atomic mass is 9.90. The summed E-state index contributed by atoms with van der Waals surface area (Å²) in [6.07, 6.45) is -0.853. The summed E-state index contributed by atoms with van der Waals surface area (Å²) in [5.41, 5.74) is 6.52. The third kappa shape index (κ3) is 3.12. The van der Waals surface area contributed by atoms with Crippen LogP contribution in [0.3, 0.4) is 0 Å². The van der Waals surface area contributed by atoms with Crippen LogP contribution in [0.1, 0.15) is 33.9 Å². The van der Waals surface area contributed by atoms with Crippen molar-refractivity contribution in [2.45, 2.75) is 39.8 Å². The number of aryl methyl sites for hydroxylation is 4. The summed E-state index contributed by atoms with van der Waals surface area (Å²) in [5, 5.41) is 1.74. The van der Waals surface area contributed by atoms with Crippen molar-refractivity contribution in [3.63, 3.8) is 0 Å². The number of carbonyl (C=O) groups excluding carboxylic acids is 2. The molecule has 0 unspecified atom stereocenters. The van der Waals surface area contributed by atoms with E-state index in [1.807, 2.05) is 94.4 Å². The summed E-state index contributed by atoms with van der Waals surface area (Å²) in [7, 11) is 0. The van der Waals surface area contributed by atoms with Gasteiger partial charge in [-0.1, -0.05) is 65.7 Å². The predicted molar refractivity (Wildman–Crippen MR) is 124 cm³/mol. The topological polar surface area (TPSA) is 49.9 Å². The fraction of sp³-hybridized carbons (Fsp3) is 0.259. The first-order valence-corrected chi connectivity index (χ1v) is 10.9. The maximum Gasteiger partial charge on any atom is 0.266 e. The fourth-order valence-corrected chi connectivity index (χ4v) is 5.06. The van der Waals surface area contributed by atoms with Crippen molar-refractivity contribution in [3.05, 3.63) is 94.5 Å². The van der Waals surface area contributed by atoms with Crippen LogP contribution in [0.25, 0.3) is 0 Å². The first-order chi connectivity index (χ1) is 15.4. The Hall–Kier alpha value is -3.44. The molecule has 5 rings (SSSR count). The molecule has 0 saturated carbocycles. The zero-order valence-corrected chi connectivity index (χ0v) is 18.7. The standard InChI is InChI=1S/C27H26N2O3/c1-16-10-12-20(13-11-16)24-22-25(32-29(24)21-8-6-5-7-9-21)27(31)28(26(22)30)23-18(3)14-17(2)15-19(23)4/h5-15,22,24-25H,1-4H3/t22-,24-,25-/m1/s1. The van der Waals surface area contributed by atoms with E-state index in [1.54, 1.807) is 5.06 Å². The number of fused-ring (bicyclic) bond motifs is 1. The van der Waals surface area contributed by atoms with Gasteiger partial charge in [0.15, 0.2) is 6.10 Å². The van der Waals surface area contributed by atoms with Gasteiger partial charge in [-0.05, 0) is 56.5 Å². The molecule has 2 amide bonds. The Morgan fingerprint density at radius 3 is 2.00 bits per heavy atom. The minimum atomic E-state index is -0.853. The van der Waals surface area contributed by atoms with Gasteiger partial charge in [-0.2, -0.15) is 0 Å². The number of para-hydroxylation sites is 1. The highest BCUT2D eigenvalue weighted by molar-refractivity contribution is 6.24. The molecule has 3 atom stereocenters. The zero-order chi connectivity index (χ0) is 22.6. The summed E-state index contributed by atoms with van der Waals surface area (Å²) in [4.78, 5) is 34.9. The summed E-state index contributed by atoms with van der Waals surface area (Å²) in [5.74, 6) is -1.13. The number of nitrogens with zero attached hydrogens (tertiary/aromatic N) is 2. The van der Waals surface area contributed by atoms with E-state index in [0.717, 1.165) is 33.5 Å². The van der Waals surface area contributed by atoms with Crippen molar-refractivity contribution in [2.24, 2.45) is 5.92 Å². The van der Waals surface area contributed by atoms with Crippen LogP contribution in [0, 0.1) is 33.6 Å². The van der Waals surface area contributed by atoms with Crippen LogP contribution in [-0.4, -0.2) is 17.9 Å². The van der Waals surface area contributed by atoms with Crippen LogP contribution in [0.5, 0.6) is 0 Å². The van der Waals surface area contributed by atoms with Crippen LogP contribution in [0.4, 0.5) is 11.4 Å². The second-order valence-corrected chi connectivity index (χ2v) is 8.83. The normalized spacial score (nSPS) is 22.6. The maximum atomic E-state index is 13.8. The highest BCUT2D eigenvalue weighted by Crippen LogP contribution is 2.48. The van der Waals surface area contributed by atoms with E-state index in [9.17, 15) is 9.59 Å². The number of hydroxylamine groups is 1. The van der Waals surface area contributed by atoms with Gasteiger partial charge < -0.3 is 0 Å². The van der Waals surface area contributed by atoms with Crippen LogP contribution < -0.4 is 9.96 Å². The molecule has 2 aliphatic heterocycles. The molecule has 2 fully saturated rings. The Morgan fingerprint density at radius 2 is 1.38 bits per heavy atom. The second-order valence-electron chi connectivity index (χ2n) is 8.83. The van der Waals surface area contributed by atoms with Gasteiger partial charge in [0.25, 0.3) is 5.91 Å². The fourth-order valence-electron chi connectivity index (χ4n) is 5.06. The van der Waals surface area contributed by atoms with E-state index in [0.29, 0.717) is 5.69 Å². The summed E-state index contributed by atoms with van der Waals surface area (Å²) in [6, 6.07) is 21.4. The van der Waals surface area contributed by atoms with Gasteiger partial charge in [-0.3, -0.25) is 14.4 Å². The first kappa shape index (κ1) is 20.5. The monoisotopic (exact) mass is 426 g/mol. The van der Waals surface area contributed by atoms with Crippen molar-refractivity contribution in [2.75, 3.05) is 9.96 Å². The number of hydrogen-bond acceptors (Lipinski definition) is 4. The molecule has 0 aromatic heterocycles. The van der Waals surface area contributed by atoms with Gasteiger partial charge in [-0.15, -0.1) is 0 Å². The molecule has 2 saturated heterocycles. The summed E-state index contributed by atoms with van der Waals surface area (Å²) < 4.78 is 0. The highest BCUT2D eigenvalue weighted by atomic mass is 16.7. The van der Waals surface area contributed by atoms with Crippen LogP contribution in [0.2, 0.25) is 0 Å². The Morgan fingerprint density at radius 1 is 0.750 bits per heavy atom. The number of imide groups is 1. The smallest absolute Gasteiger partial charge is 0.266 e. The molecule has 0 spiro atoms. The molecular weight excluding hydrogens is 400 g/mol. The molecule has 2 heterocycles. The number of amides is 2. The predicted octanol–water partition coefficient (Wildman–Crippen LogP) is 4.97. The molecule has 3 aromatic rings. The van der Waals surface area contributed by atoms with Crippen molar-refractivity contribution in [1.29, 1.82) is 0 Å². The van der Waals surface area contributed by atoms with Gasteiger partial charge in [0.2, 0.25) is 5.91 Å². The van der Waals surface area contributed by atoms with Crippen molar-refractivity contribution < 1.29 is 14.4 Å². The largest absolute Gasteiger partial charge is 0.273 e. The number of anilines is 2. The van der Waals surface area contributed by atoms with Crippen molar-refractivity contribution in [3.8, 4) is 0 Å². The molecule has 0 bridgehead atoms. The Labute approximate surface area is 188 Å². The Bertz CT molecular complexity index is 1180. The van der Waals surface area contributed by atoms with Crippen molar-refractivity contribution >= 4 is 23.2 Å². The third-order valence-electron chi connectivity index (χ3n) is 6.40. The Kier molecular flexibility index (Phi) is 4.86. The minimum absolute atomic E-state index is 0.209. The summed E-state index contributed by atoms with van der Waals surface area (Å²) >= 11 is 0. The number of carbonyl (C=O) groups is 2. The molecule has 5 heteroatoms. The van der Waals surface area contributed by atoms with Crippen LogP contribution >= 0.6 is 0 Å². The molecule has 0 radical (unpaired) electrons. The average molecular weight is 427 g/mol. The van der Waals surface area contributed by atoms with E-state index in [1.165, 1.54) is 4.90 Å². The van der Waals surface area contributed by atoms with Crippen LogP contribution in [0.15, 0.2) is 66.7 Å². The number of rotatable bonds is 3. The SMILES string of the molecule is Cc1ccc([C@@H]2[C@H]3C(=O)N(c4c(C)cc(C)cc4C)C(=O)[C@@H]3ON2c2ccccc2)cc1. The van der Waals surface area contributed by atoms with E-state index in [2.05, 4.69) is 0 Å². The lowest BCUT2D eigenvalue weighted by molar-refractivity contribution is -0.126. The van der Waals surface area contributed by atoms with Crippen LogP contribution in [-0.2, 0) is 14.4 Å². The Balaban J connectivity index is 1.61. The van der Waals surface area contributed by atoms with Gasteiger partial charge in [0, 0.05) is 0 Å². The average Bonchev–Trinajstić information content (AvgIpc) is 3.26. The molecule has 0 aliphatic carbocycles.